The summed E-state index contributed by atoms with van der Waals surface area (Å²) in [4.78, 5) is 38.1. The molecule has 6 nitrogen and oxygen atoms in total. The first-order chi connectivity index (χ1) is 32.0. The summed E-state index contributed by atoms with van der Waals surface area (Å²) in [5, 5.41) is 0. The van der Waals surface area contributed by atoms with E-state index in [4.69, 9.17) is 14.2 Å². The van der Waals surface area contributed by atoms with E-state index in [1.807, 2.05) is 0 Å². The summed E-state index contributed by atoms with van der Waals surface area (Å²) in [6.07, 6.45) is 68.5. The van der Waals surface area contributed by atoms with E-state index in [1.54, 1.807) is 0 Å². The maximum Gasteiger partial charge on any atom is 0.306 e. The summed E-state index contributed by atoms with van der Waals surface area (Å²) in [6.45, 7) is 6.39. The zero-order chi connectivity index (χ0) is 47.2. The van der Waals surface area contributed by atoms with Gasteiger partial charge in [0.15, 0.2) is 6.10 Å². The van der Waals surface area contributed by atoms with Gasteiger partial charge in [0.1, 0.15) is 13.2 Å². The van der Waals surface area contributed by atoms with Crippen LogP contribution in [0.3, 0.4) is 0 Å². The third-order valence-electron chi connectivity index (χ3n) is 11.4. The Morgan fingerprint density at radius 1 is 0.323 bits per heavy atom. The lowest BCUT2D eigenvalue weighted by molar-refractivity contribution is -0.167. The van der Waals surface area contributed by atoms with Gasteiger partial charge in [0.05, 0.1) is 0 Å². The topological polar surface area (TPSA) is 78.9 Å². The maximum absolute atomic E-state index is 12.8. The van der Waals surface area contributed by atoms with E-state index in [0.717, 1.165) is 135 Å². The van der Waals surface area contributed by atoms with E-state index < -0.39 is 6.10 Å². The molecule has 0 aliphatic heterocycles. The number of hydrogen-bond donors (Lipinski definition) is 0. The third-order valence-corrected chi connectivity index (χ3v) is 11.4. The number of esters is 3. The van der Waals surface area contributed by atoms with E-state index in [-0.39, 0.29) is 31.1 Å². The van der Waals surface area contributed by atoms with Crippen LogP contribution < -0.4 is 0 Å². The lowest BCUT2D eigenvalue weighted by Gasteiger charge is -2.18. The second kappa shape index (κ2) is 53.2. The average molecular weight is 905 g/mol. The van der Waals surface area contributed by atoms with Crippen LogP contribution in [0, 0.1) is 0 Å². The molecule has 0 fully saturated rings. The van der Waals surface area contributed by atoms with E-state index in [2.05, 4.69) is 106 Å². The van der Waals surface area contributed by atoms with Crippen LogP contribution >= 0.6 is 0 Å². The molecule has 0 aromatic rings. The average Bonchev–Trinajstić information content (AvgIpc) is 3.30. The molecular weight excluding hydrogens is 805 g/mol. The van der Waals surface area contributed by atoms with Crippen molar-refractivity contribution in [1.82, 2.24) is 0 Å². The fourth-order valence-corrected chi connectivity index (χ4v) is 7.39. The molecular formula is C59H100O6. The molecule has 0 spiro atoms. The van der Waals surface area contributed by atoms with Gasteiger partial charge in [-0.15, -0.1) is 0 Å². The minimum atomic E-state index is -0.794. The highest BCUT2D eigenvalue weighted by Crippen LogP contribution is 2.15. The number of hydrogen-bond acceptors (Lipinski definition) is 6. The highest BCUT2D eigenvalue weighted by Gasteiger charge is 2.19. The molecule has 0 aromatic carbocycles. The lowest BCUT2D eigenvalue weighted by atomic mass is 10.0. The van der Waals surface area contributed by atoms with Crippen LogP contribution in [0.25, 0.3) is 0 Å². The van der Waals surface area contributed by atoms with Gasteiger partial charge in [0, 0.05) is 19.3 Å². The Balaban J connectivity index is 4.45. The molecule has 0 heterocycles. The van der Waals surface area contributed by atoms with Crippen LogP contribution in [0.2, 0.25) is 0 Å². The number of allylic oxidation sites excluding steroid dienone is 14. The minimum absolute atomic E-state index is 0.0902. The van der Waals surface area contributed by atoms with E-state index >= 15 is 0 Å². The second-order valence-electron chi connectivity index (χ2n) is 17.7. The van der Waals surface area contributed by atoms with Crippen LogP contribution in [0.4, 0.5) is 0 Å². The Labute approximate surface area is 401 Å². The number of unbranched alkanes of at least 4 members (excludes halogenated alkanes) is 23. The largest absolute Gasteiger partial charge is 0.462 e. The fourth-order valence-electron chi connectivity index (χ4n) is 7.39. The summed E-state index contributed by atoms with van der Waals surface area (Å²) in [6, 6.07) is 0. The van der Waals surface area contributed by atoms with Crippen molar-refractivity contribution in [3.63, 3.8) is 0 Å². The van der Waals surface area contributed by atoms with Crippen LogP contribution in [-0.2, 0) is 28.6 Å². The lowest BCUT2D eigenvalue weighted by Crippen LogP contribution is -2.30. The van der Waals surface area contributed by atoms with Crippen molar-refractivity contribution >= 4 is 17.9 Å². The molecule has 1 atom stereocenters. The molecule has 0 rings (SSSR count). The molecule has 0 aromatic heterocycles. The van der Waals surface area contributed by atoms with Crippen molar-refractivity contribution in [3.05, 3.63) is 85.1 Å². The van der Waals surface area contributed by atoms with Gasteiger partial charge in [0.25, 0.3) is 0 Å². The first kappa shape index (κ1) is 61.6. The predicted octanol–water partition coefficient (Wildman–Crippen LogP) is 18.0. The predicted molar refractivity (Wildman–Crippen MR) is 279 cm³/mol. The Morgan fingerprint density at radius 3 is 0.938 bits per heavy atom. The molecule has 0 aliphatic carbocycles. The van der Waals surface area contributed by atoms with Crippen LogP contribution in [0.15, 0.2) is 85.1 Å². The number of rotatable bonds is 48. The van der Waals surface area contributed by atoms with Crippen molar-refractivity contribution in [2.45, 2.75) is 258 Å². The molecule has 372 valence electrons. The Kier molecular flexibility index (Phi) is 50.4. The Morgan fingerprint density at radius 2 is 0.600 bits per heavy atom. The minimum Gasteiger partial charge on any atom is -0.462 e. The zero-order valence-electron chi connectivity index (χ0n) is 42.5. The van der Waals surface area contributed by atoms with Gasteiger partial charge in [-0.1, -0.05) is 228 Å². The molecule has 0 unspecified atom stereocenters. The number of ether oxygens (including phenoxy) is 3. The summed E-state index contributed by atoms with van der Waals surface area (Å²) in [7, 11) is 0. The standard InChI is InChI=1S/C59H100O6/c1-4-7-10-13-16-19-22-25-28-29-32-34-37-40-43-46-49-52-58(61)64-55-56(65-59(62)53-50-47-44-41-38-35-31-27-24-21-18-15-12-9-6-3)54-63-57(60)51-48-45-42-39-36-33-30-26-23-20-17-14-11-8-5-2/h7,9-10,12,16,18-19,21,25,27-28,31-32,34,56H,4-6,8,11,13-15,17,20,22-24,26,29-30,33,35-55H2,1-3H3/b10-7-,12-9-,19-16-,21-18-,28-25-,31-27-,34-32-/t56-/m0/s1. The SMILES string of the molecule is CC/C=C\C/C=C\C/C=C\C/C=C\CCCCCCC(=O)OC[C@H](COC(=O)CCCCCCCCCCCCCCCCC)OC(=O)CCCCCCC/C=C\C/C=C\C/C=C\CC. The quantitative estimate of drug-likeness (QED) is 0.0262. The van der Waals surface area contributed by atoms with Gasteiger partial charge >= 0.3 is 17.9 Å². The van der Waals surface area contributed by atoms with E-state index in [0.29, 0.717) is 19.3 Å². The first-order valence-electron chi connectivity index (χ1n) is 27.1. The summed E-state index contributed by atoms with van der Waals surface area (Å²) in [5.74, 6) is -0.928. The van der Waals surface area contributed by atoms with Gasteiger partial charge < -0.3 is 14.2 Å². The van der Waals surface area contributed by atoms with Crippen LogP contribution in [-0.4, -0.2) is 37.2 Å². The summed E-state index contributed by atoms with van der Waals surface area (Å²) < 4.78 is 16.8. The molecule has 0 amide bonds. The second-order valence-corrected chi connectivity index (χ2v) is 17.7. The van der Waals surface area contributed by atoms with Gasteiger partial charge in [-0.3, -0.25) is 14.4 Å². The third kappa shape index (κ3) is 51.4. The Hall–Kier alpha value is -3.41. The van der Waals surface area contributed by atoms with Crippen molar-refractivity contribution < 1.29 is 28.6 Å². The van der Waals surface area contributed by atoms with Gasteiger partial charge in [-0.2, -0.15) is 0 Å². The van der Waals surface area contributed by atoms with Gasteiger partial charge in [-0.05, 0) is 89.9 Å². The Bertz CT molecular complexity index is 1270. The molecule has 0 saturated heterocycles. The molecule has 6 heteroatoms. The molecule has 0 bridgehead atoms. The van der Waals surface area contributed by atoms with Crippen molar-refractivity contribution in [2.24, 2.45) is 0 Å². The monoisotopic (exact) mass is 905 g/mol. The van der Waals surface area contributed by atoms with E-state index in [1.165, 1.54) is 77.0 Å². The van der Waals surface area contributed by atoms with Crippen molar-refractivity contribution in [3.8, 4) is 0 Å². The number of carbonyl (C=O) groups is 3. The van der Waals surface area contributed by atoms with Crippen LogP contribution in [0.1, 0.15) is 252 Å². The highest BCUT2D eigenvalue weighted by atomic mass is 16.6. The molecule has 0 saturated carbocycles. The first-order valence-corrected chi connectivity index (χ1v) is 27.1. The zero-order valence-corrected chi connectivity index (χ0v) is 42.5. The normalized spacial score (nSPS) is 12.7. The fraction of sp³-hybridized carbons (Fsp3) is 0.712. The molecule has 65 heavy (non-hydrogen) atoms. The van der Waals surface area contributed by atoms with Crippen molar-refractivity contribution in [1.29, 1.82) is 0 Å². The van der Waals surface area contributed by atoms with Gasteiger partial charge in [-0.25, -0.2) is 0 Å². The smallest absolute Gasteiger partial charge is 0.306 e. The molecule has 0 N–H and O–H groups in total. The van der Waals surface area contributed by atoms with Crippen LogP contribution in [0.5, 0.6) is 0 Å². The summed E-state index contributed by atoms with van der Waals surface area (Å²) in [5.41, 5.74) is 0. The summed E-state index contributed by atoms with van der Waals surface area (Å²) >= 11 is 0. The molecule has 0 radical (unpaired) electrons. The molecule has 0 aliphatic rings. The highest BCUT2D eigenvalue weighted by molar-refractivity contribution is 5.71. The number of carbonyl (C=O) groups excluding carboxylic acids is 3. The maximum atomic E-state index is 12.8. The van der Waals surface area contributed by atoms with Gasteiger partial charge in [0.2, 0.25) is 0 Å². The van der Waals surface area contributed by atoms with E-state index in [9.17, 15) is 14.4 Å². The van der Waals surface area contributed by atoms with Crippen molar-refractivity contribution in [2.75, 3.05) is 13.2 Å².